The maximum Gasteiger partial charge on any atom is 0.344 e. The Morgan fingerprint density at radius 2 is 1.96 bits per heavy atom. The average Bonchev–Trinajstić information content (AvgIpc) is 2.67. The molecular formula is C21H19ClO5. The van der Waals surface area contributed by atoms with Gasteiger partial charge in [-0.05, 0) is 31.5 Å². The summed E-state index contributed by atoms with van der Waals surface area (Å²) in [5.74, 6) is -0.0304. The minimum absolute atomic E-state index is 0.154. The van der Waals surface area contributed by atoms with Gasteiger partial charge in [0.05, 0.1) is 17.1 Å². The molecule has 3 aromatic rings. The number of carbonyl (C=O) groups excluding carboxylic acids is 1. The van der Waals surface area contributed by atoms with E-state index in [1.807, 2.05) is 13.8 Å². The lowest BCUT2D eigenvalue weighted by molar-refractivity contribution is -0.150. The van der Waals surface area contributed by atoms with E-state index in [2.05, 4.69) is 0 Å². The second-order valence-electron chi connectivity index (χ2n) is 6.11. The highest BCUT2D eigenvalue weighted by atomic mass is 35.5. The van der Waals surface area contributed by atoms with E-state index in [4.69, 9.17) is 25.5 Å². The van der Waals surface area contributed by atoms with Crippen LogP contribution in [0.5, 0.6) is 5.75 Å². The van der Waals surface area contributed by atoms with Crippen LogP contribution < -0.4 is 10.2 Å². The maximum absolute atomic E-state index is 12.8. The van der Waals surface area contributed by atoms with Crippen LogP contribution in [-0.2, 0) is 9.53 Å². The van der Waals surface area contributed by atoms with Crippen molar-refractivity contribution in [3.63, 3.8) is 0 Å². The largest absolute Gasteiger partial charge is 0.482 e. The van der Waals surface area contributed by atoms with Crippen LogP contribution >= 0.6 is 11.6 Å². The summed E-state index contributed by atoms with van der Waals surface area (Å²) in [6.07, 6.45) is 1.96. The first kappa shape index (κ1) is 19.0. The van der Waals surface area contributed by atoms with Crippen molar-refractivity contribution in [2.45, 2.75) is 26.4 Å². The van der Waals surface area contributed by atoms with Gasteiger partial charge < -0.3 is 13.9 Å². The molecule has 0 unspecified atom stereocenters. The molecular weight excluding hydrogens is 368 g/mol. The van der Waals surface area contributed by atoms with Gasteiger partial charge in [0.1, 0.15) is 17.6 Å². The molecule has 6 heteroatoms. The molecule has 140 valence electrons. The van der Waals surface area contributed by atoms with Gasteiger partial charge >= 0.3 is 5.97 Å². The monoisotopic (exact) mass is 386 g/mol. The fourth-order valence-corrected chi connectivity index (χ4v) is 2.79. The normalized spacial score (nSPS) is 12.0. The second kappa shape index (κ2) is 8.27. The van der Waals surface area contributed by atoms with Gasteiger partial charge in [-0.25, -0.2) is 4.79 Å². The van der Waals surface area contributed by atoms with Crippen molar-refractivity contribution in [1.82, 2.24) is 0 Å². The second-order valence-corrected chi connectivity index (χ2v) is 6.52. The van der Waals surface area contributed by atoms with Crippen LogP contribution in [0.1, 0.15) is 20.3 Å². The standard InChI is InChI=1S/C21H19ClO5/c1-3-13(2)27-20(23)12-25-14-8-9-16-19(10-14)26-11-17(21(16)24)15-6-4-5-7-18(15)22/h4-11,13H,3,12H2,1-2H3/t13-/m0/s1. The van der Waals surface area contributed by atoms with E-state index >= 15 is 0 Å². The van der Waals surface area contributed by atoms with Crippen LogP contribution in [0.25, 0.3) is 22.1 Å². The molecule has 5 nitrogen and oxygen atoms in total. The lowest BCUT2D eigenvalue weighted by atomic mass is 10.1. The number of ether oxygens (including phenoxy) is 2. The highest BCUT2D eigenvalue weighted by Crippen LogP contribution is 2.27. The van der Waals surface area contributed by atoms with Gasteiger partial charge in [0.15, 0.2) is 6.61 Å². The highest BCUT2D eigenvalue weighted by molar-refractivity contribution is 6.33. The fraction of sp³-hybridized carbons (Fsp3) is 0.238. The summed E-state index contributed by atoms with van der Waals surface area (Å²) in [6, 6.07) is 11.9. The summed E-state index contributed by atoms with van der Waals surface area (Å²) in [5.41, 5.74) is 1.18. The molecule has 0 N–H and O–H groups in total. The Balaban J connectivity index is 1.83. The number of rotatable bonds is 6. The predicted octanol–water partition coefficient (Wildman–Crippen LogP) is 4.83. The molecule has 0 fully saturated rings. The zero-order valence-corrected chi connectivity index (χ0v) is 15.8. The quantitative estimate of drug-likeness (QED) is 0.567. The maximum atomic E-state index is 12.8. The zero-order valence-electron chi connectivity index (χ0n) is 15.0. The molecule has 0 saturated heterocycles. The highest BCUT2D eigenvalue weighted by Gasteiger charge is 2.13. The minimum atomic E-state index is -0.444. The minimum Gasteiger partial charge on any atom is -0.482 e. The Bertz CT molecular complexity index is 1020. The van der Waals surface area contributed by atoms with Crippen LogP contribution in [0.15, 0.2) is 57.9 Å². The van der Waals surface area contributed by atoms with E-state index in [0.29, 0.717) is 32.9 Å². The Morgan fingerprint density at radius 3 is 2.70 bits per heavy atom. The van der Waals surface area contributed by atoms with E-state index in [1.165, 1.54) is 6.26 Å². The summed E-state index contributed by atoms with van der Waals surface area (Å²) in [4.78, 5) is 24.5. The molecule has 0 aliphatic rings. The third-order valence-corrected chi connectivity index (χ3v) is 4.50. The Hall–Kier alpha value is -2.79. The van der Waals surface area contributed by atoms with Crippen molar-refractivity contribution in [2.24, 2.45) is 0 Å². The van der Waals surface area contributed by atoms with E-state index in [9.17, 15) is 9.59 Å². The lowest BCUT2D eigenvalue weighted by Crippen LogP contribution is -2.20. The molecule has 3 rings (SSSR count). The smallest absolute Gasteiger partial charge is 0.344 e. The average molecular weight is 387 g/mol. The van der Waals surface area contributed by atoms with E-state index in [-0.39, 0.29) is 18.1 Å². The van der Waals surface area contributed by atoms with Crippen molar-refractivity contribution < 1.29 is 18.7 Å². The lowest BCUT2D eigenvalue weighted by Gasteiger charge is -2.11. The van der Waals surface area contributed by atoms with Gasteiger partial charge in [-0.3, -0.25) is 4.79 Å². The van der Waals surface area contributed by atoms with Crippen LogP contribution in [0.3, 0.4) is 0 Å². The van der Waals surface area contributed by atoms with Crippen molar-refractivity contribution >= 4 is 28.5 Å². The molecule has 0 radical (unpaired) electrons. The number of hydrogen-bond donors (Lipinski definition) is 0. The van der Waals surface area contributed by atoms with Crippen LogP contribution in [-0.4, -0.2) is 18.7 Å². The van der Waals surface area contributed by atoms with E-state index in [0.717, 1.165) is 6.42 Å². The number of esters is 1. The summed E-state index contributed by atoms with van der Waals surface area (Å²) < 4.78 is 16.2. The molecule has 27 heavy (non-hydrogen) atoms. The first-order chi connectivity index (χ1) is 13.0. The molecule has 1 atom stereocenters. The molecule has 0 amide bonds. The summed E-state index contributed by atoms with van der Waals surface area (Å²) in [7, 11) is 0. The first-order valence-corrected chi connectivity index (χ1v) is 9.00. The SMILES string of the molecule is CC[C@H](C)OC(=O)COc1ccc2c(=O)c(-c3ccccc3Cl)coc2c1. The molecule has 2 aromatic carbocycles. The molecule has 0 spiro atoms. The number of hydrogen-bond acceptors (Lipinski definition) is 5. The number of carbonyl (C=O) groups is 1. The summed E-state index contributed by atoms with van der Waals surface area (Å²) >= 11 is 6.18. The summed E-state index contributed by atoms with van der Waals surface area (Å²) in [6.45, 7) is 3.54. The third-order valence-electron chi connectivity index (χ3n) is 4.17. The van der Waals surface area contributed by atoms with Crippen LogP contribution in [0.2, 0.25) is 5.02 Å². The van der Waals surface area contributed by atoms with Gasteiger partial charge in [0.25, 0.3) is 0 Å². The van der Waals surface area contributed by atoms with Crippen LogP contribution in [0, 0.1) is 0 Å². The molecule has 0 bridgehead atoms. The number of benzene rings is 2. The number of halogens is 1. The van der Waals surface area contributed by atoms with Crippen molar-refractivity contribution in [3.8, 4) is 16.9 Å². The fourth-order valence-electron chi connectivity index (χ4n) is 2.55. The molecule has 0 aliphatic carbocycles. The topological polar surface area (TPSA) is 65.7 Å². The van der Waals surface area contributed by atoms with Crippen molar-refractivity contribution in [1.29, 1.82) is 0 Å². The van der Waals surface area contributed by atoms with Gasteiger partial charge in [0, 0.05) is 16.7 Å². The molecule has 0 aliphatic heterocycles. The van der Waals surface area contributed by atoms with Crippen molar-refractivity contribution in [2.75, 3.05) is 6.61 Å². The molecule has 1 aromatic heterocycles. The van der Waals surface area contributed by atoms with E-state index < -0.39 is 5.97 Å². The van der Waals surface area contributed by atoms with Gasteiger partial charge in [-0.15, -0.1) is 0 Å². The van der Waals surface area contributed by atoms with Gasteiger partial charge in [0.2, 0.25) is 5.43 Å². The Labute approximate surface area is 161 Å². The zero-order chi connectivity index (χ0) is 19.4. The third kappa shape index (κ3) is 4.31. The Kier molecular flexibility index (Phi) is 5.81. The summed E-state index contributed by atoms with van der Waals surface area (Å²) in [5, 5.41) is 0.880. The molecule has 1 heterocycles. The van der Waals surface area contributed by atoms with Gasteiger partial charge in [-0.1, -0.05) is 36.7 Å². The molecule has 0 saturated carbocycles. The predicted molar refractivity (Wildman–Crippen MR) is 104 cm³/mol. The number of fused-ring (bicyclic) bond motifs is 1. The van der Waals surface area contributed by atoms with E-state index in [1.54, 1.807) is 42.5 Å². The Morgan fingerprint density at radius 1 is 1.19 bits per heavy atom. The van der Waals surface area contributed by atoms with Crippen molar-refractivity contribution in [3.05, 3.63) is 64.0 Å². The van der Waals surface area contributed by atoms with Gasteiger partial charge in [-0.2, -0.15) is 0 Å². The first-order valence-electron chi connectivity index (χ1n) is 8.62. The van der Waals surface area contributed by atoms with Crippen LogP contribution in [0.4, 0.5) is 0 Å².